The van der Waals surface area contributed by atoms with E-state index in [-0.39, 0.29) is 12.1 Å². The predicted octanol–water partition coefficient (Wildman–Crippen LogP) is 4.70. The summed E-state index contributed by atoms with van der Waals surface area (Å²) < 4.78 is 27.0. The molecule has 0 saturated carbocycles. The first-order chi connectivity index (χ1) is 14.9. The summed E-state index contributed by atoms with van der Waals surface area (Å²) in [7, 11) is 1.53. The quantitative estimate of drug-likeness (QED) is 0.428. The number of carbonyl (C=O) groups excluding carboxylic acids is 1. The summed E-state index contributed by atoms with van der Waals surface area (Å²) in [6.45, 7) is 5.64. The van der Waals surface area contributed by atoms with Crippen LogP contribution < -0.4 is 16.0 Å². The Kier molecular flexibility index (Phi) is 10.4. The molecule has 1 radical (unpaired) electrons. The Morgan fingerprint density at radius 2 is 1.77 bits per heavy atom. The number of benzene rings is 2. The number of amides is 2. The summed E-state index contributed by atoms with van der Waals surface area (Å²) in [6.07, 6.45) is 6.74. The predicted molar refractivity (Wildman–Crippen MR) is 122 cm³/mol. The standard InChI is InChI=1S/C25H34F2N3O/c1-4-6-7-21-9-8-18(12-20(21)5-2)17-29-11-10-24(30-25(31)28-3)15-19-13-22(26)16-23(27)14-19/h8-10,12-14,16,24,29H,4-7,11,15,17H2,1-3H3,(H2,28,30,31)/t24-/m0/s1. The molecule has 169 valence electrons. The molecule has 0 heterocycles. The minimum Gasteiger partial charge on any atom is -0.341 e. The van der Waals surface area contributed by atoms with E-state index >= 15 is 0 Å². The number of aryl methyl sites for hydroxylation is 2. The van der Waals surface area contributed by atoms with E-state index in [1.165, 1.54) is 48.7 Å². The van der Waals surface area contributed by atoms with Crippen LogP contribution in [-0.4, -0.2) is 25.7 Å². The fourth-order valence-electron chi connectivity index (χ4n) is 3.59. The third-order valence-electron chi connectivity index (χ3n) is 5.25. The van der Waals surface area contributed by atoms with E-state index in [4.69, 9.17) is 0 Å². The molecule has 2 aromatic carbocycles. The third-order valence-corrected chi connectivity index (χ3v) is 5.25. The Morgan fingerprint density at radius 1 is 1.03 bits per heavy atom. The second kappa shape index (κ2) is 13.1. The molecule has 0 aromatic heterocycles. The number of nitrogens with one attached hydrogen (secondary N) is 3. The second-order valence-corrected chi connectivity index (χ2v) is 7.74. The lowest BCUT2D eigenvalue weighted by Gasteiger charge is -2.19. The van der Waals surface area contributed by atoms with Gasteiger partial charge in [-0.05, 0) is 66.5 Å². The molecule has 3 N–H and O–H groups in total. The van der Waals surface area contributed by atoms with Crippen LogP contribution in [0.25, 0.3) is 0 Å². The number of hydrogen-bond donors (Lipinski definition) is 3. The molecule has 0 aliphatic heterocycles. The molecule has 1 atom stereocenters. The SMILES string of the molecule is CCCCc1ccc(CNC[CH][C@@H](Cc2cc(F)cc(F)c2)NC(=O)NC)cc1CC. The topological polar surface area (TPSA) is 53.2 Å². The third kappa shape index (κ3) is 8.66. The maximum Gasteiger partial charge on any atom is 0.314 e. The summed E-state index contributed by atoms with van der Waals surface area (Å²) in [5.41, 5.74) is 4.53. The maximum atomic E-state index is 13.5. The zero-order valence-corrected chi connectivity index (χ0v) is 18.7. The Morgan fingerprint density at radius 3 is 2.42 bits per heavy atom. The average Bonchev–Trinajstić information content (AvgIpc) is 2.74. The van der Waals surface area contributed by atoms with E-state index in [9.17, 15) is 13.6 Å². The largest absolute Gasteiger partial charge is 0.341 e. The maximum absolute atomic E-state index is 13.5. The molecule has 2 aromatic rings. The first-order valence-electron chi connectivity index (χ1n) is 11.0. The number of hydrogen-bond acceptors (Lipinski definition) is 2. The normalized spacial score (nSPS) is 11.9. The van der Waals surface area contributed by atoms with Gasteiger partial charge in [0.15, 0.2) is 0 Å². The molecule has 0 aliphatic rings. The van der Waals surface area contributed by atoms with Crippen LogP contribution in [0.1, 0.15) is 48.9 Å². The second-order valence-electron chi connectivity index (χ2n) is 7.74. The summed E-state index contributed by atoms with van der Waals surface area (Å²) in [4.78, 5) is 11.8. The molecule has 4 nitrogen and oxygen atoms in total. The van der Waals surface area contributed by atoms with Crippen LogP contribution in [0.4, 0.5) is 13.6 Å². The van der Waals surface area contributed by atoms with E-state index in [0.29, 0.717) is 25.1 Å². The van der Waals surface area contributed by atoms with Crippen molar-refractivity contribution in [2.75, 3.05) is 13.6 Å². The summed E-state index contributed by atoms with van der Waals surface area (Å²) in [5.74, 6) is -1.25. The van der Waals surface area contributed by atoms with Gasteiger partial charge in [0.2, 0.25) is 0 Å². The molecule has 6 heteroatoms. The molecule has 2 rings (SSSR count). The summed E-state index contributed by atoms with van der Waals surface area (Å²) in [5, 5.41) is 8.69. The Balaban J connectivity index is 1.92. The lowest BCUT2D eigenvalue weighted by atomic mass is 9.97. The van der Waals surface area contributed by atoms with E-state index in [1.54, 1.807) is 0 Å². The highest BCUT2D eigenvalue weighted by Gasteiger charge is 2.14. The van der Waals surface area contributed by atoms with Crippen LogP contribution in [-0.2, 0) is 25.8 Å². The molecule has 0 bridgehead atoms. The minimum atomic E-state index is -0.624. The van der Waals surface area contributed by atoms with Gasteiger partial charge in [-0.1, -0.05) is 38.5 Å². The highest BCUT2D eigenvalue weighted by Crippen LogP contribution is 2.16. The van der Waals surface area contributed by atoms with Crippen LogP contribution in [0.15, 0.2) is 36.4 Å². The van der Waals surface area contributed by atoms with Crippen molar-refractivity contribution in [3.63, 3.8) is 0 Å². The first-order valence-corrected chi connectivity index (χ1v) is 11.0. The molecule has 0 unspecified atom stereocenters. The fraction of sp³-hybridized carbons (Fsp3) is 0.440. The molecule has 2 amide bonds. The first kappa shape index (κ1) is 24.8. The Bertz CT molecular complexity index is 821. The lowest BCUT2D eigenvalue weighted by Crippen LogP contribution is -2.43. The van der Waals surface area contributed by atoms with Crippen molar-refractivity contribution in [1.29, 1.82) is 0 Å². The van der Waals surface area contributed by atoms with E-state index < -0.39 is 11.6 Å². The summed E-state index contributed by atoms with van der Waals surface area (Å²) in [6, 6.07) is 9.35. The zero-order chi connectivity index (χ0) is 22.6. The number of unbranched alkanes of at least 4 members (excludes halogenated alkanes) is 1. The van der Waals surface area contributed by atoms with Crippen molar-refractivity contribution in [3.8, 4) is 0 Å². The van der Waals surface area contributed by atoms with E-state index in [2.05, 4.69) is 48.0 Å². The molecule has 0 saturated heterocycles. The molecule has 0 aliphatic carbocycles. The Hall–Kier alpha value is -2.47. The van der Waals surface area contributed by atoms with Crippen molar-refractivity contribution in [2.24, 2.45) is 0 Å². The molecule has 0 fully saturated rings. The summed E-state index contributed by atoms with van der Waals surface area (Å²) >= 11 is 0. The highest BCUT2D eigenvalue weighted by atomic mass is 19.1. The van der Waals surface area contributed by atoms with Crippen molar-refractivity contribution < 1.29 is 13.6 Å². The number of rotatable bonds is 12. The molecular formula is C25H34F2N3O. The van der Waals surface area contributed by atoms with Gasteiger partial charge in [0.1, 0.15) is 11.6 Å². The van der Waals surface area contributed by atoms with Gasteiger partial charge in [0.25, 0.3) is 0 Å². The van der Waals surface area contributed by atoms with Gasteiger partial charge in [0, 0.05) is 32.2 Å². The van der Waals surface area contributed by atoms with Gasteiger partial charge in [-0.2, -0.15) is 0 Å². The van der Waals surface area contributed by atoms with Gasteiger partial charge >= 0.3 is 6.03 Å². The van der Waals surface area contributed by atoms with Crippen molar-refractivity contribution in [2.45, 2.75) is 58.5 Å². The van der Waals surface area contributed by atoms with Crippen LogP contribution >= 0.6 is 0 Å². The zero-order valence-electron chi connectivity index (χ0n) is 18.7. The highest BCUT2D eigenvalue weighted by molar-refractivity contribution is 5.74. The van der Waals surface area contributed by atoms with E-state index in [1.807, 2.05) is 6.42 Å². The van der Waals surface area contributed by atoms with Gasteiger partial charge in [-0.3, -0.25) is 0 Å². The van der Waals surface area contributed by atoms with Crippen LogP contribution in [0.2, 0.25) is 0 Å². The number of halogens is 2. The van der Waals surface area contributed by atoms with E-state index in [0.717, 1.165) is 18.9 Å². The van der Waals surface area contributed by atoms with Crippen molar-refractivity contribution in [1.82, 2.24) is 16.0 Å². The number of carbonyl (C=O) groups is 1. The number of urea groups is 1. The Labute approximate surface area is 184 Å². The van der Waals surface area contributed by atoms with Crippen molar-refractivity contribution in [3.05, 3.63) is 76.7 Å². The molecular weight excluding hydrogens is 396 g/mol. The van der Waals surface area contributed by atoms with Crippen LogP contribution in [0, 0.1) is 18.1 Å². The molecule has 31 heavy (non-hydrogen) atoms. The monoisotopic (exact) mass is 430 g/mol. The fourth-order valence-corrected chi connectivity index (χ4v) is 3.59. The van der Waals surface area contributed by atoms with Gasteiger partial charge in [0.05, 0.1) is 0 Å². The smallest absolute Gasteiger partial charge is 0.314 e. The van der Waals surface area contributed by atoms with Crippen molar-refractivity contribution >= 4 is 6.03 Å². The van der Waals surface area contributed by atoms with Crippen LogP contribution in [0.3, 0.4) is 0 Å². The average molecular weight is 431 g/mol. The molecule has 0 spiro atoms. The minimum absolute atomic E-state index is 0.301. The lowest BCUT2D eigenvalue weighted by molar-refractivity contribution is 0.240. The van der Waals surface area contributed by atoms with Gasteiger partial charge in [-0.15, -0.1) is 0 Å². The van der Waals surface area contributed by atoms with Gasteiger partial charge in [-0.25, -0.2) is 13.6 Å². The van der Waals surface area contributed by atoms with Crippen LogP contribution in [0.5, 0.6) is 0 Å². The van der Waals surface area contributed by atoms with Gasteiger partial charge < -0.3 is 16.0 Å².